The Bertz CT molecular complexity index is 865. The fourth-order valence-electron chi connectivity index (χ4n) is 2.90. The number of hydrogen-bond acceptors (Lipinski definition) is 5. The van der Waals surface area contributed by atoms with E-state index in [-0.39, 0.29) is 24.0 Å². The molecule has 0 saturated carbocycles. The van der Waals surface area contributed by atoms with Crippen LogP contribution < -0.4 is 11.1 Å². The van der Waals surface area contributed by atoms with Crippen LogP contribution >= 0.6 is 35.3 Å². The van der Waals surface area contributed by atoms with Crippen LogP contribution in [0.25, 0.3) is 0 Å². The summed E-state index contributed by atoms with van der Waals surface area (Å²) >= 11 is 1.27. The lowest BCUT2D eigenvalue weighted by atomic mass is 10.2. The van der Waals surface area contributed by atoms with Crippen LogP contribution in [0.5, 0.6) is 0 Å². The lowest BCUT2D eigenvalue weighted by Gasteiger charge is -2.25. The Morgan fingerprint density at radius 2 is 2.00 bits per heavy atom. The number of hydrogen-bond donors (Lipinski definition) is 2. The van der Waals surface area contributed by atoms with Gasteiger partial charge in [-0.25, -0.2) is 13.4 Å². The van der Waals surface area contributed by atoms with E-state index >= 15 is 0 Å². The average molecular weight is 535 g/mol. The van der Waals surface area contributed by atoms with Gasteiger partial charge >= 0.3 is 0 Å². The Balaban J connectivity index is 0.00000280. The average Bonchev–Trinajstić information content (AvgIpc) is 3.18. The van der Waals surface area contributed by atoms with Crippen molar-refractivity contribution in [3.8, 4) is 0 Å². The number of nitrogens with one attached hydrogen (secondary N) is 1. The van der Waals surface area contributed by atoms with Gasteiger partial charge in [-0.2, -0.15) is 4.31 Å². The largest absolute Gasteiger partial charge is 0.370 e. The van der Waals surface area contributed by atoms with Gasteiger partial charge in [-0.05, 0) is 37.1 Å². The SMILES string of the molecule is I.NC(=NCc1ccc(S(=O)(=O)N2CCCCC2)s1)NCCc1ccccn1. The summed E-state index contributed by atoms with van der Waals surface area (Å²) in [6, 6.07) is 9.28. The molecule has 0 radical (unpaired) electrons. The van der Waals surface area contributed by atoms with Crippen LogP contribution in [0.15, 0.2) is 45.7 Å². The van der Waals surface area contributed by atoms with E-state index in [2.05, 4.69) is 15.3 Å². The molecule has 1 saturated heterocycles. The molecule has 3 rings (SSSR count). The summed E-state index contributed by atoms with van der Waals surface area (Å²) < 4.78 is 27.3. The minimum Gasteiger partial charge on any atom is -0.370 e. The van der Waals surface area contributed by atoms with Crippen molar-refractivity contribution >= 4 is 51.3 Å². The third-order valence-electron chi connectivity index (χ3n) is 4.36. The molecular formula is C18H26IN5O2S2. The second kappa shape index (κ2) is 11.1. The molecular weight excluding hydrogens is 509 g/mol. The fraction of sp³-hybridized carbons (Fsp3) is 0.444. The highest BCUT2D eigenvalue weighted by Crippen LogP contribution is 2.27. The minimum atomic E-state index is -3.38. The zero-order chi connectivity index (χ0) is 19.1. The second-order valence-electron chi connectivity index (χ2n) is 6.38. The van der Waals surface area contributed by atoms with Crippen LogP contribution in [-0.4, -0.2) is 43.3 Å². The van der Waals surface area contributed by atoms with Crippen LogP contribution in [0.4, 0.5) is 0 Å². The van der Waals surface area contributed by atoms with E-state index in [1.807, 2.05) is 24.3 Å². The van der Waals surface area contributed by atoms with E-state index in [0.29, 0.717) is 36.3 Å². The molecule has 0 atom stereocenters. The maximum atomic E-state index is 12.7. The maximum absolute atomic E-state index is 12.7. The zero-order valence-corrected chi connectivity index (χ0v) is 19.5. The molecule has 1 aliphatic rings. The Morgan fingerprint density at radius 1 is 1.21 bits per heavy atom. The lowest BCUT2D eigenvalue weighted by Crippen LogP contribution is -2.35. The molecule has 3 N–H and O–H groups in total. The van der Waals surface area contributed by atoms with Crippen molar-refractivity contribution in [1.29, 1.82) is 0 Å². The Morgan fingerprint density at radius 3 is 2.71 bits per heavy atom. The predicted octanol–water partition coefficient (Wildman–Crippen LogP) is 2.58. The molecule has 3 heterocycles. The Labute approximate surface area is 187 Å². The number of thiophene rings is 1. The molecule has 2 aromatic rings. The number of pyridine rings is 1. The molecule has 0 aliphatic carbocycles. The molecule has 0 unspecified atom stereocenters. The summed E-state index contributed by atoms with van der Waals surface area (Å²) in [6.45, 7) is 2.23. The normalized spacial score (nSPS) is 15.8. The Hall–Kier alpha value is -1.24. The summed E-state index contributed by atoms with van der Waals surface area (Å²) in [5.74, 6) is 0.347. The number of halogens is 1. The molecule has 0 aromatic carbocycles. The number of aromatic nitrogens is 1. The molecule has 1 fully saturated rings. The zero-order valence-electron chi connectivity index (χ0n) is 15.6. The number of sulfonamides is 1. The smallest absolute Gasteiger partial charge is 0.252 e. The molecule has 28 heavy (non-hydrogen) atoms. The van der Waals surface area contributed by atoms with Gasteiger partial charge in [0, 0.05) is 42.8 Å². The summed E-state index contributed by atoms with van der Waals surface area (Å²) in [5.41, 5.74) is 6.88. The number of piperidine rings is 1. The number of nitrogens with two attached hydrogens (primary N) is 1. The quantitative estimate of drug-likeness (QED) is 0.323. The molecule has 10 heteroatoms. The van der Waals surface area contributed by atoms with Crippen molar-refractivity contribution in [2.75, 3.05) is 19.6 Å². The first-order chi connectivity index (χ1) is 13.1. The molecule has 0 spiro atoms. The highest BCUT2D eigenvalue weighted by atomic mass is 127. The van der Waals surface area contributed by atoms with Gasteiger partial charge in [-0.3, -0.25) is 4.98 Å². The first-order valence-corrected chi connectivity index (χ1v) is 11.3. The monoisotopic (exact) mass is 535 g/mol. The van der Waals surface area contributed by atoms with Crippen LogP contribution in [-0.2, 0) is 23.0 Å². The van der Waals surface area contributed by atoms with Crippen molar-refractivity contribution in [3.05, 3.63) is 47.1 Å². The Kier molecular flexibility index (Phi) is 9.12. The molecule has 0 amide bonds. The van der Waals surface area contributed by atoms with E-state index in [0.717, 1.165) is 36.3 Å². The van der Waals surface area contributed by atoms with Gasteiger partial charge < -0.3 is 11.1 Å². The van der Waals surface area contributed by atoms with Crippen molar-refractivity contribution in [3.63, 3.8) is 0 Å². The van der Waals surface area contributed by atoms with E-state index in [4.69, 9.17) is 5.73 Å². The van der Waals surface area contributed by atoms with Gasteiger partial charge in [0.05, 0.1) is 6.54 Å². The second-order valence-corrected chi connectivity index (χ2v) is 9.72. The first-order valence-electron chi connectivity index (χ1n) is 9.08. The molecule has 7 nitrogen and oxygen atoms in total. The highest BCUT2D eigenvalue weighted by molar-refractivity contribution is 14.0. The van der Waals surface area contributed by atoms with Crippen molar-refractivity contribution in [2.24, 2.45) is 10.7 Å². The third-order valence-corrected chi connectivity index (χ3v) is 7.80. The van der Waals surface area contributed by atoms with Gasteiger partial charge in [-0.1, -0.05) is 12.5 Å². The summed E-state index contributed by atoms with van der Waals surface area (Å²) in [7, 11) is -3.38. The van der Waals surface area contributed by atoms with E-state index in [1.165, 1.54) is 11.3 Å². The standard InChI is InChI=1S/C18H25N5O2S2.HI/c19-18(21-11-9-15-6-2-3-10-20-15)22-14-16-7-8-17(26-16)27(24,25)23-12-4-1-5-13-23;/h2-3,6-8,10H,1,4-5,9,11-14H2,(H3,19,21,22);1H. The van der Waals surface area contributed by atoms with Crippen molar-refractivity contribution < 1.29 is 8.42 Å². The van der Waals surface area contributed by atoms with Gasteiger partial charge in [0.1, 0.15) is 4.21 Å². The predicted molar refractivity (Wildman–Crippen MR) is 124 cm³/mol. The van der Waals surface area contributed by atoms with Gasteiger partial charge in [0.2, 0.25) is 0 Å². The molecule has 2 aromatic heterocycles. The summed E-state index contributed by atoms with van der Waals surface area (Å²) in [4.78, 5) is 9.43. The van der Waals surface area contributed by atoms with Gasteiger partial charge in [0.15, 0.2) is 5.96 Å². The van der Waals surface area contributed by atoms with Crippen LogP contribution in [0, 0.1) is 0 Å². The third kappa shape index (κ3) is 6.39. The van der Waals surface area contributed by atoms with Crippen molar-refractivity contribution in [2.45, 2.75) is 36.4 Å². The van der Waals surface area contributed by atoms with E-state index in [1.54, 1.807) is 16.6 Å². The number of aliphatic imine (C=N–C) groups is 1. The maximum Gasteiger partial charge on any atom is 0.252 e. The summed E-state index contributed by atoms with van der Waals surface area (Å²) in [5, 5.41) is 3.06. The van der Waals surface area contributed by atoms with Gasteiger partial charge in [0.25, 0.3) is 10.0 Å². The van der Waals surface area contributed by atoms with Crippen molar-refractivity contribution in [1.82, 2.24) is 14.6 Å². The highest BCUT2D eigenvalue weighted by Gasteiger charge is 2.27. The number of rotatable bonds is 7. The topological polar surface area (TPSA) is 101 Å². The van der Waals surface area contributed by atoms with Crippen LogP contribution in [0.2, 0.25) is 0 Å². The molecule has 1 aliphatic heterocycles. The van der Waals surface area contributed by atoms with E-state index in [9.17, 15) is 8.42 Å². The summed E-state index contributed by atoms with van der Waals surface area (Å²) in [6.07, 6.45) is 5.49. The van der Waals surface area contributed by atoms with Gasteiger partial charge in [-0.15, -0.1) is 35.3 Å². The van der Waals surface area contributed by atoms with Crippen LogP contribution in [0.3, 0.4) is 0 Å². The van der Waals surface area contributed by atoms with Crippen LogP contribution in [0.1, 0.15) is 29.8 Å². The molecule has 154 valence electrons. The first kappa shape index (κ1) is 23.0. The molecule has 0 bridgehead atoms. The fourth-order valence-corrected chi connectivity index (χ4v) is 5.85. The lowest BCUT2D eigenvalue weighted by molar-refractivity contribution is 0.347. The minimum absolute atomic E-state index is 0. The van der Waals surface area contributed by atoms with E-state index < -0.39 is 10.0 Å². The number of nitrogens with zero attached hydrogens (tertiary/aromatic N) is 3. The number of guanidine groups is 1.